The average molecular weight is 441 g/mol. The molecule has 2 aromatic heterocycles. The second-order valence-electron chi connectivity index (χ2n) is 7.46. The van der Waals surface area contributed by atoms with E-state index in [-0.39, 0.29) is 17.5 Å². The number of para-hydroxylation sites is 2. The van der Waals surface area contributed by atoms with E-state index in [0.717, 1.165) is 15.7 Å². The molecule has 158 valence electrons. The van der Waals surface area contributed by atoms with Crippen molar-refractivity contribution in [3.8, 4) is 0 Å². The van der Waals surface area contributed by atoms with Gasteiger partial charge >= 0.3 is 6.18 Å². The Bertz CT molecular complexity index is 1250. The summed E-state index contributed by atoms with van der Waals surface area (Å²) in [5.41, 5.74) is 2.51. The number of alkyl halides is 3. The Morgan fingerprint density at radius 1 is 1.06 bits per heavy atom. The summed E-state index contributed by atoms with van der Waals surface area (Å²) >= 11 is 1.65. The van der Waals surface area contributed by atoms with Gasteiger partial charge in [-0.1, -0.05) is 42.5 Å². The lowest BCUT2D eigenvalue weighted by molar-refractivity contribution is -0.148. The topological polar surface area (TPSA) is 38.1 Å². The maximum atomic E-state index is 13.7. The molecular formula is C23H18F3N3OS. The van der Waals surface area contributed by atoms with Crippen molar-refractivity contribution < 1.29 is 18.0 Å². The number of fused-ring (bicyclic) bond motifs is 2. The van der Waals surface area contributed by atoms with Crippen LogP contribution < -0.4 is 0 Å². The third-order valence-electron chi connectivity index (χ3n) is 5.60. The van der Waals surface area contributed by atoms with Gasteiger partial charge in [0, 0.05) is 11.4 Å². The number of aromatic nitrogens is 2. The third kappa shape index (κ3) is 3.50. The van der Waals surface area contributed by atoms with Gasteiger partial charge in [0.05, 0.1) is 17.1 Å². The quantitative estimate of drug-likeness (QED) is 0.433. The van der Waals surface area contributed by atoms with Gasteiger partial charge in [-0.05, 0) is 41.1 Å². The molecule has 0 saturated heterocycles. The number of nitrogens with zero attached hydrogens (tertiary/aromatic N) is 3. The van der Waals surface area contributed by atoms with Crippen molar-refractivity contribution in [2.75, 3.05) is 6.54 Å². The van der Waals surface area contributed by atoms with Crippen LogP contribution in [0.25, 0.3) is 11.0 Å². The number of amides is 1. The summed E-state index contributed by atoms with van der Waals surface area (Å²) in [5.74, 6) is -1.41. The van der Waals surface area contributed by atoms with Gasteiger partial charge in [0.2, 0.25) is 11.7 Å². The second-order valence-corrected chi connectivity index (χ2v) is 8.46. The van der Waals surface area contributed by atoms with Gasteiger partial charge in [0.1, 0.15) is 6.54 Å². The summed E-state index contributed by atoms with van der Waals surface area (Å²) in [7, 11) is 0. The summed E-state index contributed by atoms with van der Waals surface area (Å²) in [6.45, 7) is 0.0397. The van der Waals surface area contributed by atoms with E-state index in [0.29, 0.717) is 18.5 Å². The summed E-state index contributed by atoms with van der Waals surface area (Å²) < 4.78 is 42.0. The number of rotatable bonds is 3. The average Bonchev–Trinajstić information content (AvgIpc) is 3.38. The third-order valence-corrected chi connectivity index (χ3v) is 6.60. The highest BCUT2D eigenvalue weighted by Gasteiger charge is 2.39. The molecule has 4 nitrogen and oxygen atoms in total. The van der Waals surface area contributed by atoms with Gasteiger partial charge in [0.15, 0.2) is 0 Å². The molecule has 0 saturated carbocycles. The minimum atomic E-state index is -4.65. The predicted octanol–water partition coefficient (Wildman–Crippen LogP) is 5.29. The molecule has 0 bridgehead atoms. The molecule has 0 aliphatic carbocycles. The fraction of sp³-hybridized carbons (Fsp3) is 0.217. The van der Waals surface area contributed by atoms with Crippen molar-refractivity contribution >= 4 is 28.3 Å². The molecule has 1 unspecified atom stereocenters. The molecule has 3 heterocycles. The Kier molecular flexibility index (Phi) is 4.81. The van der Waals surface area contributed by atoms with Crippen LogP contribution in [0.1, 0.15) is 27.9 Å². The Labute approximate surface area is 180 Å². The molecule has 2 aromatic carbocycles. The second kappa shape index (κ2) is 7.53. The lowest BCUT2D eigenvalue weighted by Gasteiger charge is -2.36. The van der Waals surface area contributed by atoms with E-state index >= 15 is 0 Å². The van der Waals surface area contributed by atoms with Crippen LogP contribution in [0, 0.1) is 0 Å². The van der Waals surface area contributed by atoms with Crippen LogP contribution in [0.15, 0.2) is 66.0 Å². The smallest absolute Gasteiger partial charge is 0.330 e. The molecule has 0 spiro atoms. The normalized spacial score (nSPS) is 16.5. The van der Waals surface area contributed by atoms with E-state index in [1.165, 1.54) is 10.9 Å². The monoisotopic (exact) mass is 441 g/mol. The Morgan fingerprint density at radius 2 is 1.81 bits per heavy atom. The number of carbonyl (C=O) groups is 1. The summed E-state index contributed by atoms with van der Waals surface area (Å²) in [6.07, 6.45) is -3.96. The fourth-order valence-electron chi connectivity index (χ4n) is 4.26. The van der Waals surface area contributed by atoms with Gasteiger partial charge in [0.25, 0.3) is 0 Å². The molecular weight excluding hydrogens is 423 g/mol. The summed E-state index contributed by atoms with van der Waals surface area (Å²) in [5, 5.41) is 2.00. The highest BCUT2D eigenvalue weighted by molar-refractivity contribution is 7.10. The lowest BCUT2D eigenvalue weighted by Crippen LogP contribution is -2.42. The zero-order chi connectivity index (χ0) is 21.6. The number of hydrogen-bond acceptors (Lipinski definition) is 3. The SMILES string of the molecule is O=C(Cn1c(C(F)(F)F)nc2ccccc21)N1CCc2sccc2C1c1ccccc1. The van der Waals surface area contributed by atoms with E-state index in [4.69, 9.17) is 0 Å². The zero-order valence-corrected chi connectivity index (χ0v) is 17.2. The molecule has 31 heavy (non-hydrogen) atoms. The van der Waals surface area contributed by atoms with Crippen LogP contribution >= 0.6 is 11.3 Å². The largest absolute Gasteiger partial charge is 0.449 e. The summed E-state index contributed by atoms with van der Waals surface area (Å²) in [6, 6.07) is 17.7. The zero-order valence-electron chi connectivity index (χ0n) is 16.3. The predicted molar refractivity (Wildman–Crippen MR) is 113 cm³/mol. The molecule has 1 aliphatic rings. The van der Waals surface area contributed by atoms with E-state index < -0.39 is 18.5 Å². The van der Waals surface area contributed by atoms with Crippen LogP contribution in [0.3, 0.4) is 0 Å². The van der Waals surface area contributed by atoms with Gasteiger partial charge < -0.3 is 9.47 Å². The maximum absolute atomic E-state index is 13.7. The van der Waals surface area contributed by atoms with Gasteiger partial charge in [-0.15, -0.1) is 11.3 Å². The number of imidazole rings is 1. The van der Waals surface area contributed by atoms with Crippen molar-refractivity contribution in [1.82, 2.24) is 14.5 Å². The van der Waals surface area contributed by atoms with Crippen LogP contribution in [-0.4, -0.2) is 26.9 Å². The lowest BCUT2D eigenvalue weighted by atomic mass is 9.93. The van der Waals surface area contributed by atoms with Crippen LogP contribution in [0.4, 0.5) is 13.2 Å². The van der Waals surface area contributed by atoms with Crippen LogP contribution in [0.2, 0.25) is 0 Å². The molecule has 0 radical (unpaired) electrons. The first-order valence-corrected chi connectivity index (χ1v) is 10.7. The minimum absolute atomic E-state index is 0.223. The van der Waals surface area contributed by atoms with Crippen molar-refractivity contribution in [3.05, 3.63) is 87.9 Å². The van der Waals surface area contributed by atoms with E-state index in [9.17, 15) is 18.0 Å². The van der Waals surface area contributed by atoms with E-state index in [2.05, 4.69) is 4.98 Å². The van der Waals surface area contributed by atoms with Crippen molar-refractivity contribution in [2.24, 2.45) is 0 Å². The number of carbonyl (C=O) groups excluding carboxylic acids is 1. The van der Waals surface area contributed by atoms with Crippen molar-refractivity contribution in [1.29, 1.82) is 0 Å². The first-order chi connectivity index (χ1) is 14.9. The molecule has 1 amide bonds. The van der Waals surface area contributed by atoms with Gasteiger partial charge in [-0.3, -0.25) is 4.79 Å². The molecule has 1 atom stereocenters. The highest BCUT2D eigenvalue weighted by atomic mass is 32.1. The number of hydrogen-bond donors (Lipinski definition) is 0. The highest BCUT2D eigenvalue weighted by Crippen LogP contribution is 2.38. The number of thiophene rings is 1. The molecule has 1 aliphatic heterocycles. The Balaban J connectivity index is 1.55. The van der Waals surface area contributed by atoms with Crippen molar-refractivity contribution in [3.63, 3.8) is 0 Å². The molecule has 5 rings (SSSR count). The first-order valence-electron chi connectivity index (χ1n) is 9.86. The Hall–Kier alpha value is -3.13. The minimum Gasteiger partial charge on any atom is -0.330 e. The standard InChI is InChI=1S/C23H18F3N3OS/c24-23(25,26)22-27-17-8-4-5-9-18(17)29(22)14-20(30)28-12-10-19-16(11-13-31-19)21(28)15-6-2-1-3-7-15/h1-9,11,13,21H,10,12,14H2. The van der Waals surface area contributed by atoms with E-state index in [1.807, 2.05) is 41.8 Å². The number of benzene rings is 2. The summed E-state index contributed by atoms with van der Waals surface area (Å²) in [4.78, 5) is 20.1. The van der Waals surface area contributed by atoms with Gasteiger partial charge in [-0.2, -0.15) is 13.2 Å². The van der Waals surface area contributed by atoms with Gasteiger partial charge in [-0.25, -0.2) is 4.98 Å². The van der Waals surface area contributed by atoms with Crippen molar-refractivity contribution in [2.45, 2.75) is 25.2 Å². The first kappa shape index (κ1) is 19.8. The fourth-order valence-corrected chi connectivity index (χ4v) is 5.16. The Morgan fingerprint density at radius 3 is 2.58 bits per heavy atom. The molecule has 0 fully saturated rings. The number of halogens is 3. The molecule has 0 N–H and O–H groups in total. The van der Waals surface area contributed by atoms with E-state index in [1.54, 1.807) is 34.4 Å². The molecule has 4 aromatic rings. The maximum Gasteiger partial charge on any atom is 0.449 e. The van der Waals surface area contributed by atoms with Crippen LogP contribution in [-0.2, 0) is 23.9 Å². The molecule has 8 heteroatoms. The van der Waals surface area contributed by atoms with Crippen LogP contribution in [0.5, 0.6) is 0 Å².